The van der Waals surface area contributed by atoms with E-state index < -0.39 is 5.41 Å². The normalized spacial score (nSPS) is 19.8. The smallest absolute Gasteiger partial charge is 0.409 e. The third-order valence-corrected chi connectivity index (χ3v) is 4.37. The van der Waals surface area contributed by atoms with Crippen molar-refractivity contribution in [3.05, 3.63) is 11.5 Å². The van der Waals surface area contributed by atoms with Crippen LogP contribution in [0.15, 0.2) is 11.5 Å². The van der Waals surface area contributed by atoms with Gasteiger partial charge in [0, 0.05) is 20.0 Å². The number of likely N-dealkylation sites (tertiary alicyclic amines) is 1. The first kappa shape index (κ1) is 17.3. The molecule has 2 amide bonds. The number of rotatable bonds is 4. The van der Waals surface area contributed by atoms with E-state index in [1.54, 1.807) is 11.8 Å². The summed E-state index contributed by atoms with van der Waals surface area (Å²) in [7, 11) is 0. The zero-order chi connectivity index (χ0) is 17.0. The molecule has 0 aromatic heterocycles. The summed E-state index contributed by atoms with van der Waals surface area (Å²) in [6.45, 7) is 6.31. The van der Waals surface area contributed by atoms with Crippen molar-refractivity contribution >= 4 is 18.0 Å². The minimum Gasteiger partial charge on any atom is -0.449 e. The maximum absolute atomic E-state index is 12.3. The van der Waals surface area contributed by atoms with Crippen molar-refractivity contribution in [2.45, 2.75) is 46.5 Å². The average molecular weight is 324 g/mol. The number of nitrogens with zero attached hydrogens (tertiary/aromatic N) is 1. The molecule has 0 saturated carbocycles. The second-order valence-electron chi connectivity index (χ2n) is 6.04. The van der Waals surface area contributed by atoms with Crippen molar-refractivity contribution in [3.8, 4) is 0 Å². The van der Waals surface area contributed by atoms with Crippen LogP contribution in [0.4, 0.5) is 4.79 Å². The van der Waals surface area contributed by atoms with Crippen LogP contribution >= 0.6 is 0 Å². The molecule has 2 aliphatic rings. The summed E-state index contributed by atoms with van der Waals surface area (Å²) in [5, 5.41) is 2.73. The van der Waals surface area contributed by atoms with Gasteiger partial charge in [0.25, 0.3) is 0 Å². The highest BCUT2D eigenvalue weighted by Gasteiger charge is 2.52. The van der Waals surface area contributed by atoms with E-state index in [9.17, 15) is 14.4 Å². The van der Waals surface area contributed by atoms with Gasteiger partial charge >= 0.3 is 12.1 Å². The van der Waals surface area contributed by atoms with Crippen LogP contribution in [0.5, 0.6) is 0 Å². The number of allylic oxidation sites excluding steroid dienone is 1. The Bertz CT molecular complexity index is 533. The molecule has 1 fully saturated rings. The lowest BCUT2D eigenvalue weighted by Gasteiger charge is -2.37. The second kappa shape index (κ2) is 7.02. The number of esters is 1. The van der Waals surface area contributed by atoms with Crippen LogP contribution in [-0.2, 0) is 19.1 Å². The Hall–Kier alpha value is -2.05. The molecule has 1 saturated heterocycles. The van der Waals surface area contributed by atoms with Gasteiger partial charge in [-0.3, -0.25) is 9.59 Å². The Balaban J connectivity index is 2.02. The van der Waals surface area contributed by atoms with Crippen LogP contribution in [0.3, 0.4) is 0 Å². The maximum Gasteiger partial charge on any atom is 0.409 e. The van der Waals surface area contributed by atoms with E-state index in [1.165, 1.54) is 6.92 Å². The minimum absolute atomic E-state index is 0.238. The molecular formula is C16H24N2O5. The standard InChI is InChI=1S/C16H24N2O5/c1-4-5-10-22-15(21)18-8-6-16(7-9-18)13(17-12(3)19)11(2)23-14(16)20/h4-10H2,1-3H3,(H,17,19). The molecule has 23 heavy (non-hydrogen) atoms. The van der Waals surface area contributed by atoms with Gasteiger partial charge in [-0.2, -0.15) is 0 Å². The number of carbonyl (C=O) groups excluding carboxylic acids is 3. The van der Waals surface area contributed by atoms with Gasteiger partial charge in [-0.05, 0) is 26.2 Å². The second-order valence-corrected chi connectivity index (χ2v) is 6.04. The van der Waals surface area contributed by atoms with Crippen molar-refractivity contribution < 1.29 is 23.9 Å². The lowest BCUT2D eigenvalue weighted by Crippen LogP contribution is -2.48. The number of carbonyl (C=O) groups is 3. The van der Waals surface area contributed by atoms with Gasteiger partial charge in [0.2, 0.25) is 5.91 Å². The van der Waals surface area contributed by atoms with Crippen LogP contribution in [0.1, 0.15) is 46.5 Å². The van der Waals surface area contributed by atoms with E-state index in [0.717, 1.165) is 12.8 Å². The third-order valence-electron chi connectivity index (χ3n) is 4.37. The number of amides is 2. The molecule has 0 atom stereocenters. The molecule has 2 heterocycles. The highest BCUT2D eigenvalue weighted by molar-refractivity contribution is 5.88. The van der Waals surface area contributed by atoms with Gasteiger partial charge in [-0.15, -0.1) is 0 Å². The minimum atomic E-state index is -0.851. The van der Waals surface area contributed by atoms with Crippen LogP contribution in [0.2, 0.25) is 0 Å². The molecule has 0 aliphatic carbocycles. The van der Waals surface area contributed by atoms with Gasteiger partial charge in [-0.25, -0.2) is 4.79 Å². The summed E-state index contributed by atoms with van der Waals surface area (Å²) in [4.78, 5) is 37.3. The van der Waals surface area contributed by atoms with E-state index in [1.807, 2.05) is 6.92 Å². The van der Waals surface area contributed by atoms with E-state index >= 15 is 0 Å². The topological polar surface area (TPSA) is 84.9 Å². The molecule has 128 valence electrons. The van der Waals surface area contributed by atoms with Crippen molar-refractivity contribution in [2.75, 3.05) is 19.7 Å². The fourth-order valence-corrected chi connectivity index (χ4v) is 3.03. The fourth-order valence-electron chi connectivity index (χ4n) is 3.03. The molecule has 0 aromatic rings. The number of nitrogens with one attached hydrogen (secondary N) is 1. The molecule has 1 spiro atoms. The quantitative estimate of drug-likeness (QED) is 0.631. The molecule has 1 N–H and O–H groups in total. The highest BCUT2D eigenvalue weighted by atomic mass is 16.6. The van der Waals surface area contributed by atoms with Gasteiger partial charge in [0.1, 0.15) is 11.2 Å². The molecule has 7 nitrogen and oxygen atoms in total. The van der Waals surface area contributed by atoms with Gasteiger partial charge < -0.3 is 19.7 Å². The van der Waals surface area contributed by atoms with Gasteiger partial charge in [0.15, 0.2) is 0 Å². The number of piperidine rings is 1. The van der Waals surface area contributed by atoms with E-state index in [4.69, 9.17) is 9.47 Å². The van der Waals surface area contributed by atoms with E-state index in [-0.39, 0.29) is 18.0 Å². The Kier molecular flexibility index (Phi) is 5.28. The molecular weight excluding hydrogens is 300 g/mol. The largest absolute Gasteiger partial charge is 0.449 e. The monoisotopic (exact) mass is 324 g/mol. The third kappa shape index (κ3) is 3.48. The Morgan fingerprint density at radius 2 is 2.00 bits per heavy atom. The Morgan fingerprint density at radius 3 is 2.57 bits per heavy atom. The number of ether oxygens (including phenoxy) is 2. The predicted octanol–water partition coefficient (Wildman–Crippen LogP) is 1.93. The average Bonchev–Trinajstić information content (AvgIpc) is 2.72. The first-order chi connectivity index (χ1) is 10.9. The number of unbranched alkanes of at least 4 members (excludes halogenated alkanes) is 1. The van der Waals surface area contributed by atoms with Crippen molar-refractivity contribution in [1.82, 2.24) is 10.2 Å². The summed E-state index contributed by atoms with van der Waals surface area (Å²) < 4.78 is 10.4. The van der Waals surface area contributed by atoms with E-state index in [2.05, 4.69) is 5.32 Å². The summed E-state index contributed by atoms with van der Waals surface area (Å²) in [5.74, 6) is -0.152. The molecule has 0 radical (unpaired) electrons. The summed E-state index contributed by atoms with van der Waals surface area (Å²) in [5.41, 5.74) is -0.315. The molecule has 0 bridgehead atoms. The van der Waals surface area contributed by atoms with Gasteiger partial charge in [0.05, 0.1) is 12.3 Å². The zero-order valence-corrected chi connectivity index (χ0v) is 13.9. The van der Waals surface area contributed by atoms with Crippen LogP contribution < -0.4 is 5.32 Å². The van der Waals surface area contributed by atoms with Gasteiger partial charge in [-0.1, -0.05) is 13.3 Å². The van der Waals surface area contributed by atoms with Crippen LogP contribution in [0, 0.1) is 5.41 Å². The van der Waals surface area contributed by atoms with E-state index in [0.29, 0.717) is 44.0 Å². The maximum atomic E-state index is 12.3. The van der Waals surface area contributed by atoms with Crippen molar-refractivity contribution in [1.29, 1.82) is 0 Å². The summed E-state index contributed by atoms with van der Waals surface area (Å²) in [6.07, 6.45) is 2.29. The summed E-state index contributed by atoms with van der Waals surface area (Å²) >= 11 is 0. The molecule has 2 aliphatic heterocycles. The fraction of sp³-hybridized carbons (Fsp3) is 0.688. The number of hydrogen-bond acceptors (Lipinski definition) is 5. The molecule has 0 unspecified atom stereocenters. The highest BCUT2D eigenvalue weighted by Crippen LogP contribution is 2.45. The molecule has 7 heteroatoms. The lowest BCUT2D eigenvalue weighted by molar-refractivity contribution is -0.147. The first-order valence-electron chi connectivity index (χ1n) is 8.03. The lowest BCUT2D eigenvalue weighted by atomic mass is 9.76. The Morgan fingerprint density at radius 1 is 1.35 bits per heavy atom. The Labute approximate surface area is 136 Å². The number of hydrogen-bond donors (Lipinski definition) is 1. The zero-order valence-electron chi connectivity index (χ0n) is 13.9. The first-order valence-corrected chi connectivity index (χ1v) is 8.03. The SMILES string of the molecule is CCCCOC(=O)N1CCC2(CC1)C(=O)OC(C)=C2NC(C)=O. The molecule has 0 aromatic carbocycles. The van der Waals surface area contributed by atoms with Crippen LogP contribution in [-0.4, -0.2) is 42.6 Å². The summed E-state index contributed by atoms with van der Waals surface area (Å²) in [6, 6.07) is 0. The predicted molar refractivity (Wildman–Crippen MR) is 82.1 cm³/mol. The van der Waals surface area contributed by atoms with Crippen LogP contribution in [0.25, 0.3) is 0 Å². The van der Waals surface area contributed by atoms with Crippen molar-refractivity contribution in [3.63, 3.8) is 0 Å². The molecule has 2 rings (SSSR count). The number of cyclic esters (lactones) is 1. The van der Waals surface area contributed by atoms with Crippen molar-refractivity contribution in [2.24, 2.45) is 5.41 Å².